The van der Waals surface area contributed by atoms with E-state index in [1.54, 1.807) is 7.11 Å². The van der Waals surface area contributed by atoms with Crippen LogP contribution in [0.1, 0.15) is 11.5 Å². The van der Waals surface area contributed by atoms with Crippen LogP contribution < -0.4 is 4.74 Å². The van der Waals surface area contributed by atoms with Crippen molar-refractivity contribution in [3.8, 4) is 5.75 Å². The molecular weight excluding hydrogens is 212 g/mol. The van der Waals surface area contributed by atoms with Gasteiger partial charge in [-0.2, -0.15) is 0 Å². The molecule has 0 aliphatic rings. The number of nitrogens with zero attached hydrogens (tertiary/aromatic N) is 1. The van der Waals surface area contributed by atoms with E-state index in [9.17, 15) is 0 Å². The van der Waals surface area contributed by atoms with E-state index in [0.717, 1.165) is 11.3 Å². The molecule has 5 heteroatoms. The van der Waals surface area contributed by atoms with Crippen LogP contribution in [0.5, 0.6) is 5.75 Å². The summed E-state index contributed by atoms with van der Waals surface area (Å²) < 4.78 is 10.4. The smallest absolute Gasteiger partial charge is 0.284 e. The summed E-state index contributed by atoms with van der Waals surface area (Å²) in [5, 5.41) is 6.52. The van der Waals surface area contributed by atoms with E-state index in [4.69, 9.17) is 21.4 Å². The molecule has 0 unspecified atom stereocenters. The van der Waals surface area contributed by atoms with Gasteiger partial charge in [-0.15, -0.1) is 5.10 Å². The Balaban J connectivity index is 2.27. The zero-order chi connectivity index (χ0) is 10.7. The van der Waals surface area contributed by atoms with Crippen LogP contribution in [-0.2, 0) is 6.42 Å². The van der Waals surface area contributed by atoms with Crippen molar-refractivity contribution < 1.29 is 9.15 Å². The predicted octanol–water partition coefficient (Wildman–Crippen LogP) is 2.33. The SMILES string of the molecule is COc1ccccc1Cc1n[nH]c(=S)o1. The van der Waals surface area contributed by atoms with Crippen molar-refractivity contribution in [2.45, 2.75) is 6.42 Å². The highest BCUT2D eigenvalue weighted by atomic mass is 32.1. The molecule has 0 fully saturated rings. The lowest BCUT2D eigenvalue weighted by Gasteiger charge is -2.04. The van der Waals surface area contributed by atoms with Crippen molar-refractivity contribution in [1.82, 2.24) is 10.2 Å². The molecule has 1 aromatic carbocycles. The molecule has 2 rings (SSSR count). The number of rotatable bonds is 3. The van der Waals surface area contributed by atoms with Crippen molar-refractivity contribution >= 4 is 12.2 Å². The van der Waals surface area contributed by atoms with Gasteiger partial charge in [-0.25, -0.2) is 5.10 Å². The molecule has 0 aliphatic carbocycles. The van der Waals surface area contributed by atoms with Crippen LogP contribution in [0, 0.1) is 4.84 Å². The van der Waals surface area contributed by atoms with Crippen LogP contribution in [0.3, 0.4) is 0 Å². The summed E-state index contributed by atoms with van der Waals surface area (Å²) >= 11 is 4.79. The summed E-state index contributed by atoms with van der Waals surface area (Å²) in [4.78, 5) is 0.292. The third kappa shape index (κ3) is 2.24. The van der Waals surface area contributed by atoms with Crippen molar-refractivity contribution in [3.63, 3.8) is 0 Å². The van der Waals surface area contributed by atoms with E-state index in [1.807, 2.05) is 24.3 Å². The number of aromatic amines is 1. The van der Waals surface area contributed by atoms with Gasteiger partial charge < -0.3 is 9.15 Å². The number of ether oxygens (including phenoxy) is 1. The second-order valence-electron chi connectivity index (χ2n) is 3.00. The largest absolute Gasteiger partial charge is 0.496 e. The Kier molecular flexibility index (Phi) is 2.82. The van der Waals surface area contributed by atoms with Gasteiger partial charge in [0.2, 0.25) is 5.89 Å². The molecule has 1 heterocycles. The Labute approximate surface area is 91.9 Å². The van der Waals surface area contributed by atoms with E-state index in [0.29, 0.717) is 17.1 Å². The lowest BCUT2D eigenvalue weighted by Crippen LogP contribution is -1.93. The fraction of sp³-hybridized carbons (Fsp3) is 0.200. The maximum atomic E-state index is 5.22. The average molecular weight is 222 g/mol. The first-order chi connectivity index (χ1) is 7.29. The summed E-state index contributed by atoms with van der Waals surface area (Å²) in [6, 6.07) is 7.73. The van der Waals surface area contributed by atoms with Gasteiger partial charge in [0.15, 0.2) is 0 Å². The van der Waals surface area contributed by atoms with Gasteiger partial charge in [-0.3, -0.25) is 0 Å². The third-order valence-corrected chi connectivity index (χ3v) is 2.19. The maximum absolute atomic E-state index is 5.22. The number of H-pyrrole nitrogens is 1. The van der Waals surface area contributed by atoms with Crippen LogP contribution in [0.4, 0.5) is 0 Å². The Morgan fingerprint density at radius 2 is 2.27 bits per heavy atom. The van der Waals surface area contributed by atoms with E-state index < -0.39 is 0 Å². The van der Waals surface area contributed by atoms with Crippen LogP contribution in [0.2, 0.25) is 0 Å². The zero-order valence-corrected chi connectivity index (χ0v) is 9.00. The third-order valence-electron chi connectivity index (χ3n) is 2.02. The fourth-order valence-electron chi connectivity index (χ4n) is 1.35. The van der Waals surface area contributed by atoms with Crippen LogP contribution >= 0.6 is 12.2 Å². The number of benzene rings is 1. The molecule has 0 amide bonds. The van der Waals surface area contributed by atoms with Crippen LogP contribution in [0.25, 0.3) is 0 Å². The lowest BCUT2D eigenvalue weighted by molar-refractivity contribution is 0.407. The molecule has 78 valence electrons. The van der Waals surface area contributed by atoms with Crippen molar-refractivity contribution in [1.29, 1.82) is 0 Å². The fourth-order valence-corrected chi connectivity index (χ4v) is 1.49. The van der Waals surface area contributed by atoms with Gasteiger partial charge >= 0.3 is 0 Å². The quantitative estimate of drug-likeness (QED) is 0.810. The molecule has 1 aromatic heterocycles. The molecule has 0 radical (unpaired) electrons. The normalized spacial score (nSPS) is 10.2. The minimum atomic E-state index is 0.292. The molecule has 15 heavy (non-hydrogen) atoms. The first-order valence-electron chi connectivity index (χ1n) is 4.46. The number of hydrogen-bond donors (Lipinski definition) is 1. The summed E-state index contributed by atoms with van der Waals surface area (Å²) in [6.45, 7) is 0. The second kappa shape index (κ2) is 4.27. The molecule has 1 N–H and O–H groups in total. The minimum Gasteiger partial charge on any atom is -0.496 e. The number of para-hydroxylation sites is 1. The Hall–Kier alpha value is -1.62. The first-order valence-corrected chi connectivity index (χ1v) is 4.86. The maximum Gasteiger partial charge on any atom is 0.284 e. The Morgan fingerprint density at radius 1 is 1.47 bits per heavy atom. The van der Waals surface area contributed by atoms with E-state index in [2.05, 4.69) is 10.2 Å². The van der Waals surface area contributed by atoms with Crippen molar-refractivity contribution in [2.75, 3.05) is 7.11 Å². The highest BCUT2D eigenvalue weighted by Gasteiger charge is 2.06. The van der Waals surface area contributed by atoms with Gasteiger partial charge in [0.1, 0.15) is 5.75 Å². The monoisotopic (exact) mass is 222 g/mol. The Bertz CT molecular complexity index is 504. The number of hydrogen-bond acceptors (Lipinski definition) is 4. The number of methoxy groups -OCH3 is 1. The van der Waals surface area contributed by atoms with Gasteiger partial charge in [0, 0.05) is 5.56 Å². The van der Waals surface area contributed by atoms with Gasteiger partial charge in [-0.05, 0) is 18.3 Å². The molecule has 0 spiro atoms. The molecule has 0 saturated carbocycles. The molecule has 0 saturated heterocycles. The first kappa shape index (κ1) is 9.92. The zero-order valence-electron chi connectivity index (χ0n) is 8.19. The molecule has 0 atom stereocenters. The molecule has 2 aromatic rings. The van der Waals surface area contributed by atoms with E-state index >= 15 is 0 Å². The average Bonchev–Trinajstić information content (AvgIpc) is 2.65. The summed E-state index contributed by atoms with van der Waals surface area (Å²) in [5.41, 5.74) is 1.02. The van der Waals surface area contributed by atoms with Gasteiger partial charge in [-0.1, -0.05) is 18.2 Å². The number of aromatic nitrogens is 2. The Morgan fingerprint density at radius 3 is 2.93 bits per heavy atom. The van der Waals surface area contributed by atoms with Crippen molar-refractivity contribution in [2.24, 2.45) is 0 Å². The predicted molar refractivity (Wildman–Crippen MR) is 57.5 cm³/mol. The number of nitrogens with one attached hydrogen (secondary N) is 1. The lowest BCUT2D eigenvalue weighted by atomic mass is 10.1. The topological polar surface area (TPSA) is 51.0 Å². The molecule has 0 aliphatic heterocycles. The summed E-state index contributed by atoms with van der Waals surface area (Å²) in [7, 11) is 1.64. The van der Waals surface area contributed by atoms with E-state index in [-0.39, 0.29) is 0 Å². The van der Waals surface area contributed by atoms with E-state index in [1.165, 1.54) is 0 Å². The molecular formula is C10H10N2O2S. The molecule has 0 bridgehead atoms. The van der Waals surface area contributed by atoms with Crippen LogP contribution in [-0.4, -0.2) is 17.3 Å². The summed E-state index contributed by atoms with van der Waals surface area (Å²) in [5.74, 6) is 1.38. The van der Waals surface area contributed by atoms with Crippen molar-refractivity contribution in [3.05, 3.63) is 40.6 Å². The van der Waals surface area contributed by atoms with Gasteiger partial charge in [0.05, 0.1) is 13.5 Å². The van der Waals surface area contributed by atoms with Crippen LogP contribution in [0.15, 0.2) is 28.7 Å². The second-order valence-corrected chi connectivity index (χ2v) is 3.37. The van der Waals surface area contributed by atoms with Gasteiger partial charge in [0.25, 0.3) is 4.84 Å². The highest BCUT2D eigenvalue weighted by Crippen LogP contribution is 2.19. The minimum absolute atomic E-state index is 0.292. The highest BCUT2D eigenvalue weighted by molar-refractivity contribution is 7.71. The molecule has 4 nitrogen and oxygen atoms in total. The standard InChI is InChI=1S/C10H10N2O2S/c1-13-8-5-3-2-4-7(8)6-9-11-12-10(15)14-9/h2-5H,6H2,1H3,(H,12,15). The summed E-state index contributed by atoms with van der Waals surface area (Å²) in [6.07, 6.45) is 0.567.